The molecule has 0 bridgehead atoms. The normalized spacial score (nSPS) is 10.7. The van der Waals surface area contributed by atoms with E-state index in [2.05, 4.69) is 0 Å². The highest BCUT2D eigenvalue weighted by atomic mass is 32.1. The molecule has 0 saturated carbocycles. The third-order valence-corrected chi connectivity index (χ3v) is 4.31. The van der Waals surface area contributed by atoms with Crippen LogP contribution in [-0.4, -0.2) is 4.92 Å². The highest BCUT2D eigenvalue weighted by molar-refractivity contribution is 7.16. The van der Waals surface area contributed by atoms with Gasteiger partial charge >= 0.3 is 0 Å². The summed E-state index contributed by atoms with van der Waals surface area (Å²) in [7, 11) is 0. The van der Waals surface area contributed by atoms with E-state index in [9.17, 15) is 14.9 Å². The van der Waals surface area contributed by atoms with Crippen LogP contribution in [0.3, 0.4) is 0 Å². The molecule has 1 aromatic heterocycles. The third-order valence-electron chi connectivity index (χ3n) is 3.29. The summed E-state index contributed by atoms with van der Waals surface area (Å²) in [5.74, 6) is 0. The Morgan fingerprint density at radius 3 is 2.48 bits per heavy atom. The highest BCUT2D eigenvalue weighted by Crippen LogP contribution is 2.19. The summed E-state index contributed by atoms with van der Waals surface area (Å²) in [5, 5.41) is 13.2. The summed E-state index contributed by atoms with van der Waals surface area (Å²) in [6.07, 6.45) is 0.484. The largest absolute Gasteiger partial charge is 0.289 e. The van der Waals surface area contributed by atoms with Crippen molar-refractivity contribution >= 4 is 27.1 Å². The Morgan fingerprint density at radius 1 is 1.05 bits per heavy atom. The van der Waals surface area contributed by atoms with Gasteiger partial charge in [-0.25, -0.2) is 0 Å². The number of hydrogen-bond acceptors (Lipinski definition) is 4. The fourth-order valence-electron chi connectivity index (χ4n) is 2.20. The van der Waals surface area contributed by atoms with E-state index in [-0.39, 0.29) is 11.1 Å². The summed E-state index contributed by atoms with van der Waals surface area (Å²) in [5.41, 5.74) is 1.69. The molecule has 0 amide bonds. The molecule has 0 aliphatic carbocycles. The molecule has 0 saturated heterocycles. The number of hydrogen-bond donors (Lipinski definition) is 0. The molecule has 0 unspecified atom stereocenters. The highest BCUT2D eigenvalue weighted by Gasteiger charge is 2.08. The summed E-state index contributed by atoms with van der Waals surface area (Å²) < 4.78 is 0.968. The summed E-state index contributed by atoms with van der Waals surface area (Å²) in [6, 6.07) is 13.8. The lowest BCUT2D eigenvalue weighted by Gasteiger charge is -2.03. The van der Waals surface area contributed by atoms with Gasteiger partial charge in [0.05, 0.1) is 4.92 Å². The van der Waals surface area contributed by atoms with E-state index in [0.29, 0.717) is 12.0 Å². The van der Waals surface area contributed by atoms with Crippen LogP contribution in [0.1, 0.15) is 11.1 Å². The fourth-order valence-corrected chi connectivity index (χ4v) is 3.10. The van der Waals surface area contributed by atoms with Gasteiger partial charge in [-0.3, -0.25) is 14.9 Å². The molecule has 0 spiro atoms. The Morgan fingerprint density at radius 2 is 1.76 bits per heavy atom. The summed E-state index contributed by atoms with van der Waals surface area (Å²) in [4.78, 5) is 22.6. The SMILES string of the molecule is O=c1c(Cc2ccc([N+](=O)[O-])cc2)csc2ccccc12. The molecule has 5 heteroatoms. The first-order valence-electron chi connectivity index (χ1n) is 6.38. The Kier molecular flexibility index (Phi) is 3.50. The minimum atomic E-state index is -0.430. The number of non-ortho nitro benzene ring substituents is 1. The molecule has 0 aliphatic heterocycles. The van der Waals surface area contributed by atoms with Gasteiger partial charge in [-0.2, -0.15) is 0 Å². The summed E-state index contributed by atoms with van der Waals surface area (Å²) >= 11 is 1.54. The van der Waals surface area contributed by atoms with Crippen molar-refractivity contribution in [2.45, 2.75) is 6.42 Å². The van der Waals surface area contributed by atoms with Crippen LogP contribution in [0.5, 0.6) is 0 Å². The van der Waals surface area contributed by atoms with Gasteiger partial charge in [-0.15, -0.1) is 11.3 Å². The molecule has 3 aromatic rings. The van der Waals surface area contributed by atoms with E-state index >= 15 is 0 Å². The Balaban J connectivity index is 1.96. The van der Waals surface area contributed by atoms with Crippen molar-refractivity contribution in [1.29, 1.82) is 0 Å². The van der Waals surface area contributed by atoms with Crippen molar-refractivity contribution in [1.82, 2.24) is 0 Å². The number of nitro groups is 1. The van der Waals surface area contributed by atoms with Crippen LogP contribution in [0.15, 0.2) is 58.7 Å². The van der Waals surface area contributed by atoms with Crippen LogP contribution < -0.4 is 5.43 Å². The minimum Gasteiger partial charge on any atom is -0.289 e. The van der Waals surface area contributed by atoms with Crippen molar-refractivity contribution in [2.24, 2.45) is 0 Å². The smallest absolute Gasteiger partial charge is 0.269 e. The maximum atomic E-state index is 12.4. The van der Waals surface area contributed by atoms with Crippen molar-refractivity contribution in [3.8, 4) is 0 Å². The molecule has 0 N–H and O–H groups in total. The van der Waals surface area contributed by atoms with E-state index in [0.717, 1.165) is 15.6 Å². The fraction of sp³-hybridized carbons (Fsp3) is 0.0625. The number of benzene rings is 2. The van der Waals surface area contributed by atoms with Crippen LogP contribution in [-0.2, 0) is 6.42 Å². The molecule has 0 aliphatic rings. The second kappa shape index (κ2) is 5.46. The average molecular weight is 297 g/mol. The van der Waals surface area contributed by atoms with Gasteiger partial charge in [0.1, 0.15) is 0 Å². The van der Waals surface area contributed by atoms with E-state index < -0.39 is 4.92 Å². The lowest BCUT2D eigenvalue weighted by atomic mass is 10.1. The molecule has 0 radical (unpaired) electrons. The van der Waals surface area contributed by atoms with Gasteiger partial charge in [-0.1, -0.05) is 24.3 Å². The molecule has 1 heterocycles. The molecule has 4 nitrogen and oxygen atoms in total. The van der Waals surface area contributed by atoms with Crippen molar-refractivity contribution in [3.05, 3.63) is 85.4 Å². The van der Waals surface area contributed by atoms with Crippen LogP contribution in [0.4, 0.5) is 5.69 Å². The number of nitro benzene ring substituents is 1. The predicted molar refractivity (Wildman–Crippen MR) is 84.0 cm³/mol. The molecule has 0 fully saturated rings. The Hall–Kier alpha value is -2.53. The van der Waals surface area contributed by atoms with Gasteiger partial charge in [0.15, 0.2) is 5.43 Å². The second-order valence-corrected chi connectivity index (χ2v) is 5.60. The first kappa shape index (κ1) is 13.5. The van der Waals surface area contributed by atoms with Crippen LogP contribution in [0.25, 0.3) is 10.1 Å². The number of fused-ring (bicyclic) bond motifs is 1. The van der Waals surface area contributed by atoms with Crippen LogP contribution >= 0.6 is 11.3 Å². The van der Waals surface area contributed by atoms with Gasteiger partial charge in [-0.05, 0) is 23.1 Å². The van der Waals surface area contributed by atoms with E-state index in [1.54, 1.807) is 12.1 Å². The molecular formula is C16H11NO3S. The van der Waals surface area contributed by atoms with E-state index in [1.807, 2.05) is 29.6 Å². The van der Waals surface area contributed by atoms with E-state index in [4.69, 9.17) is 0 Å². The van der Waals surface area contributed by atoms with Crippen molar-refractivity contribution < 1.29 is 4.92 Å². The Bertz CT molecular complexity index is 869. The Labute approximate surface area is 124 Å². The standard InChI is InChI=1S/C16H11NO3S/c18-16-12(10-21-15-4-2-1-3-14(15)16)9-11-5-7-13(8-6-11)17(19)20/h1-8,10H,9H2. The topological polar surface area (TPSA) is 60.2 Å². The van der Waals surface area contributed by atoms with Crippen LogP contribution in [0, 0.1) is 10.1 Å². The first-order chi connectivity index (χ1) is 10.1. The van der Waals surface area contributed by atoms with Crippen molar-refractivity contribution in [2.75, 3.05) is 0 Å². The molecule has 21 heavy (non-hydrogen) atoms. The van der Waals surface area contributed by atoms with Gasteiger partial charge < -0.3 is 0 Å². The zero-order valence-electron chi connectivity index (χ0n) is 11.0. The third kappa shape index (κ3) is 2.68. The predicted octanol–water partition coefficient (Wildman–Crippen LogP) is 3.76. The van der Waals surface area contributed by atoms with Crippen LogP contribution in [0.2, 0.25) is 0 Å². The number of rotatable bonds is 3. The molecule has 3 rings (SSSR count). The first-order valence-corrected chi connectivity index (χ1v) is 7.26. The van der Waals surface area contributed by atoms with Gasteiger partial charge in [0.2, 0.25) is 0 Å². The number of nitrogens with zero attached hydrogens (tertiary/aromatic N) is 1. The molecule has 2 aromatic carbocycles. The molecule has 104 valence electrons. The maximum absolute atomic E-state index is 12.4. The zero-order valence-corrected chi connectivity index (χ0v) is 11.8. The quantitative estimate of drug-likeness (QED) is 0.546. The lowest BCUT2D eigenvalue weighted by Crippen LogP contribution is -2.08. The molecule has 0 atom stereocenters. The van der Waals surface area contributed by atoms with Gasteiger partial charge in [0.25, 0.3) is 5.69 Å². The summed E-state index contributed by atoms with van der Waals surface area (Å²) in [6.45, 7) is 0. The van der Waals surface area contributed by atoms with Crippen molar-refractivity contribution in [3.63, 3.8) is 0 Å². The minimum absolute atomic E-state index is 0.0303. The molecular weight excluding hydrogens is 286 g/mol. The average Bonchev–Trinajstić information content (AvgIpc) is 2.51. The van der Waals surface area contributed by atoms with E-state index in [1.165, 1.54) is 23.5 Å². The van der Waals surface area contributed by atoms with Gasteiger partial charge in [0, 0.05) is 34.2 Å². The lowest BCUT2D eigenvalue weighted by molar-refractivity contribution is -0.384. The second-order valence-electron chi connectivity index (χ2n) is 4.69. The maximum Gasteiger partial charge on any atom is 0.269 e. The monoisotopic (exact) mass is 297 g/mol. The zero-order chi connectivity index (χ0) is 14.8.